The Morgan fingerprint density at radius 1 is 1.32 bits per heavy atom. The number of likely N-dealkylation sites (tertiary alicyclic amines) is 1. The molecule has 1 aromatic carbocycles. The Labute approximate surface area is 201 Å². The molecule has 7 heteroatoms. The van der Waals surface area contributed by atoms with Crippen LogP contribution in [0.4, 0.5) is 0 Å². The third-order valence-corrected chi connectivity index (χ3v) is 7.44. The van der Waals surface area contributed by atoms with Gasteiger partial charge in [0.25, 0.3) is 0 Å². The minimum atomic E-state index is -0.122. The Morgan fingerprint density at radius 2 is 2.06 bits per heavy atom. The monoisotopic (exact) mass is 618 g/mol. The second kappa shape index (κ2) is 13.7. The van der Waals surface area contributed by atoms with Gasteiger partial charge in [-0.15, -0.1) is 0 Å². The van der Waals surface area contributed by atoms with E-state index in [1.54, 1.807) is 6.20 Å². The van der Waals surface area contributed by atoms with Crippen molar-refractivity contribution in [1.82, 2.24) is 14.8 Å². The number of rotatable bonds is 8. The first-order chi connectivity index (χ1) is 15.0. The van der Waals surface area contributed by atoms with E-state index in [0.717, 1.165) is 70.0 Å². The summed E-state index contributed by atoms with van der Waals surface area (Å²) in [5.41, 5.74) is 2.42. The summed E-state index contributed by atoms with van der Waals surface area (Å²) in [4.78, 5) is 30.6. The van der Waals surface area contributed by atoms with Gasteiger partial charge in [0.1, 0.15) is 6.04 Å². The first-order valence-electron chi connectivity index (χ1n) is 10.5. The fourth-order valence-corrected chi connectivity index (χ4v) is 4.45. The molecule has 3 atom stereocenters. The number of esters is 1. The summed E-state index contributed by atoms with van der Waals surface area (Å²) >= 11 is 0.909. The molecule has 0 N–H and O–H groups in total. The fraction of sp³-hybridized carbons (Fsp3) is 0.458. The average Bonchev–Trinajstić information content (AvgIpc) is 3.21. The van der Waals surface area contributed by atoms with Gasteiger partial charge in [-0.1, -0.05) is 6.07 Å². The SMILES string of the molecule is COC(=O)C1CC(N(C)CCCc2cccnc2)CN1C.O=C[CH]([Pb])c1ccccc1. The van der Waals surface area contributed by atoms with Crippen molar-refractivity contribution in [2.75, 3.05) is 34.3 Å². The van der Waals surface area contributed by atoms with Crippen LogP contribution in [0, 0.1) is 0 Å². The number of benzene rings is 1. The summed E-state index contributed by atoms with van der Waals surface area (Å²) in [7, 11) is 5.59. The molecule has 3 unspecified atom stereocenters. The van der Waals surface area contributed by atoms with E-state index in [2.05, 4.69) is 27.9 Å². The summed E-state index contributed by atoms with van der Waals surface area (Å²) in [6, 6.07) is 14.3. The van der Waals surface area contributed by atoms with Crippen LogP contribution in [0.2, 0.25) is 0 Å². The van der Waals surface area contributed by atoms with Crippen molar-refractivity contribution in [3.63, 3.8) is 0 Å². The zero-order valence-electron chi connectivity index (χ0n) is 18.6. The molecule has 2 heterocycles. The first kappa shape index (κ1) is 25.6. The van der Waals surface area contributed by atoms with Crippen LogP contribution in [-0.2, 0) is 20.7 Å². The Hall–Kier alpha value is -1.65. The molecule has 6 nitrogen and oxygen atoms in total. The van der Waals surface area contributed by atoms with Gasteiger partial charge in [-0.25, -0.2) is 0 Å². The van der Waals surface area contributed by atoms with Gasteiger partial charge < -0.3 is 9.64 Å². The Kier molecular flexibility index (Phi) is 11.3. The number of carbonyl (C=O) groups is 2. The molecule has 3 rings (SSSR count). The van der Waals surface area contributed by atoms with Crippen molar-refractivity contribution in [2.24, 2.45) is 0 Å². The van der Waals surface area contributed by atoms with E-state index in [0.29, 0.717) is 6.04 Å². The molecule has 3 radical (unpaired) electrons. The number of aromatic nitrogens is 1. The van der Waals surface area contributed by atoms with E-state index in [1.807, 2.05) is 49.6 Å². The second-order valence-electron chi connectivity index (χ2n) is 7.84. The van der Waals surface area contributed by atoms with Gasteiger partial charge in [0.05, 0.1) is 7.11 Å². The third-order valence-electron chi connectivity index (χ3n) is 5.62. The standard InChI is InChI=1S/C16H25N3O2.C8H7O.Pb/c1-18(9-5-7-13-6-4-8-17-11-13)14-10-15(16(20)21-3)19(2)12-14;9-7-6-8-4-2-1-3-5-8;/h4,6,8,11,14-15H,5,7,9-10,12H2,1-3H3;1-7H;. The summed E-state index contributed by atoms with van der Waals surface area (Å²) < 4.78 is 5.03. The summed E-state index contributed by atoms with van der Waals surface area (Å²) in [5, 5.41) is 0. The number of carbonyl (C=O) groups excluding carboxylic acids is 2. The predicted molar refractivity (Wildman–Crippen MR) is 123 cm³/mol. The van der Waals surface area contributed by atoms with E-state index in [1.165, 1.54) is 12.7 Å². The van der Waals surface area contributed by atoms with Gasteiger partial charge in [-0.2, -0.15) is 0 Å². The Bertz CT molecular complexity index is 791. The van der Waals surface area contributed by atoms with Crippen molar-refractivity contribution >= 4 is 38.0 Å². The molecule has 0 spiro atoms. The van der Waals surface area contributed by atoms with Gasteiger partial charge in [0.2, 0.25) is 0 Å². The first-order valence-corrected chi connectivity index (χ1v) is 12.8. The van der Waals surface area contributed by atoms with E-state index in [9.17, 15) is 9.59 Å². The maximum absolute atomic E-state index is 11.7. The molecule has 1 fully saturated rings. The topological polar surface area (TPSA) is 62.7 Å². The van der Waals surface area contributed by atoms with Gasteiger partial charge in [0.15, 0.2) is 0 Å². The number of likely N-dealkylation sites (N-methyl/N-ethyl adjacent to an activating group) is 2. The molecule has 0 saturated carbocycles. The van der Waals surface area contributed by atoms with Crippen LogP contribution < -0.4 is 0 Å². The molecular weight excluding hydrogens is 585 g/mol. The van der Waals surface area contributed by atoms with E-state index >= 15 is 0 Å². The zero-order chi connectivity index (χ0) is 22.6. The number of hydrogen-bond donors (Lipinski definition) is 0. The number of aldehydes is 1. The molecule has 0 bridgehead atoms. The van der Waals surface area contributed by atoms with Gasteiger partial charge in [-0.05, 0) is 51.5 Å². The van der Waals surface area contributed by atoms with Crippen LogP contribution in [0.1, 0.15) is 27.4 Å². The molecule has 1 aliphatic rings. The van der Waals surface area contributed by atoms with Crippen LogP contribution in [0.3, 0.4) is 0 Å². The van der Waals surface area contributed by atoms with Crippen LogP contribution in [0.25, 0.3) is 0 Å². The Balaban J connectivity index is 0.000000285. The molecule has 0 amide bonds. The van der Waals surface area contributed by atoms with Crippen LogP contribution in [0.15, 0.2) is 54.9 Å². The molecule has 1 aliphatic heterocycles. The number of aryl methyl sites for hydroxylation is 1. The van der Waals surface area contributed by atoms with Crippen molar-refractivity contribution in [3.05, 3.63) is 66.0 Å². The molecular formula is C24H32N3O3Pb. The van der Waals surface area contributed by atoms with Gasteiger partial charge >= 0.3 is 82.2 Å². The molecule has 2 aromatic rings. The summed E-state index contributed by atoms with van der Waals surface area (Å²) in [6.45, 7) is 1.95. The van der Waals surface area contributed by atoms with E-state index in [-0.39, 0.29) is 15.5 Å². The Morgan fingerprint density at radius 3 is 2.68 bits per heavy atom. The number of nitrogens with zero attached hydrogens (tertiary/aromatic N) is 3. The normalized spacial score (nSPS) is 19.4. The fourth-order valence-electron chi connectivity index (χ4n) is 3.70. The van der Waals surface area contributed by atoms with Gasteiger partial charge in [0, 0.05) is 25.0 Å². The maximum atomic E-state index is 11.7. The van der Waals surface area contributed by atoms with Crippen molar-refractivity contribution in [1.29, 1.82) is 0 Å². The number of methoxy groups -OCH3 is 1. The predicted octanol–water partition coefficient (Wildman–Crippen LogP) is 2.29. The molecule has 31 heavy (non-hydrogen) atoms. The minimum absolute atomic E-state index is 0.0965. The van der Waals surface area contributed by atoms with Crippen molar-refractivity contribution < 1.29 is 14.3 Å². The number of pyridine rings is 1. The van der Waals surface area contributed by atoms with Crippen LogP contribution >= 0.6 is 0 Å². The van der Waals surface area contributed by atoms with E-state index < -0.39 is 0 Å². The summed E-state index contributed by atoms with van der Waals surface area (Å²) in [5.74, 6) is -0.122. The van der Waals surface area contributed by atoms with E-state index in [4.69, 9.17) is 4.74 Å². The molecule has 1 saturated heterocycles. The summed E-state index contributed by atoms with van der Waals surface area (Å²) in [6.07, 6.45) is 7.74. The van der Waals surface area contributed by atoms with Crippen molar-refractivity contribution in [2.45, 2.75) is 34.8 Å². The zero-order valence-corrected chi connectivity index (χ0v) is 22.5. The molecule has 0 aliphatic carbocycles. The third kappa shape index (κ3) is 8.42. The second-order valence-corrected chi connectivity index (χ2v) is 10.3. The number of ether oxygens (including phenoxy) is 1. The van der Waals surface area contributed by atoms with Crippen LogP contribution in [0.5, 0.6) is 0 Å². The van der Waals surface area contributed by atoms with Crippen LogP contribution in [-0.4, -0.2) is 99.2 Å². The molecule has 1 aromatic heterocycles. The average molecular weight is 618 g/mol. The molecule has 165 valence electrons. The van der Waals surface area contributed by atoms with Gasteiger partial charge in [-0.3, -0.25) is 14.7 Å². The quantitative estimate of drug-likeness (QED) is 0.258. The number of hydrogen-bond acceptors (Lipinski definition) is 6. The van der Waals surface area contributed by atoms with Crippen molar-refractivity contribution in [3.8, 4) is 0 Å².